The number of ether oxygens (including phenoxy) is 4. The van der Waals surface area contributed by atoms with Crippen LogP contribution in [-0.4, -0.2) is 79.6 Å². The molecule has 11 nitrogen and oxygen atoms in total. The predicted molar refractivity (Wildman–Crippen MR) is 154 cm³/mol. The summed E-state index contributed by atoms with van der Waals surface area (Å²) in [5.41, 5.74) is 1.60. The van der Waals surface area contributed by atoms with Crippen LogP contribution in [0.3, 0.4) is 0 Å². The lowest BCUT2D eigenvalue weighted by Gasteiger charge is -2.25. The van der Waals surface area contributed by atoms with E-state index in [-0.39, 0.29) is 24.0 Å². The highest BCUT2D eigenvalue weighted by molar-refractivity contribution is 6.41. The Balaban J connectivity index is 1.56. The van der Waals surface area contributed by atoms with Gasteiger partial charge < -0.3 is 34.9 Å². The number of fused-ring (bicyclic) bond motifs is 1. The molecule has 2 atom stereocenters. The number of halogens is 2. The van der Waals surface area contributed by atoms with Crippen LogP contribution in [0.2, 0.25) is 10.0 Å². The van der Waals surface area contributed by atoms with Crippen molar-refractivity contribution in [3.8, 4) is 22.8 Å². The first-order valence-electron chi connectivity index (χ1n) is 12.8. The van der Waals surface area contributed by atoms with Crippen molar-refractivity contribution in [2.24, 2.45) is 0 Å². The lowest BCUT2D eigenvalue weighted by Crippen LogP contribution is -2.45. The van der Waals surface area contributed by atoms with E-state index in [0.717, 1.165) is 18.2 Å². The van der Waals surface area contributed by atoms with Crippen molar-refractivity contribution in [3.63, 3.8) is 0 Å². The van der Waals surface area contributed by atoms with Crippen LogP contribution in [0.4, 0.5) is 11.8 Å². The Labute approximate surface area is 241 Å². The molecule has 2 aliphatic heterocycles. The first-order valence-corrected chi connectivity index (χ1v) is 13.6. The normalized spacial score (nSPS) is 19.3. The molecule has 3 N–H and O–H groups in total. The van der Waals surface area contributed by atoms with E-state index >= 15 is 0 Å². The minimum atomic E-state index is -0.270. The van der Waals surface area contributed by atoms with Gasteiger partial charge in [-0.1, -0.05) is 29.8 Å². The Kier molecular flexibility index (Phi) is 8.75. The second-order valence-corrected chi connectivity index (χ2v) is 10.2. The molecule has 4 heterocycles. The van der Waals surface area contributed by atoms with Gasteiger partial charge in [0.25, 0.3) is 0 Å². The minimum Gasteiger partial charge on any atom is -0.495 e. The summed E-state index contributed by atoms with van der Waals surface area (Å²) in [6.45, 7) is 5.58. The van der Waals surface area contributed by atoms with E-state index in [0.29, 0.717) is 76.5 Å². The van der Waals surface area contributed by atoms with E-state index in [9.17, 15) is 4.79 Å². The summed E-state index contributed by atoms with van der Waals surface area (Å²) in [7, 11) is 3.05. The van der Waals surface area contributed by atoms with Gasteiger partial charge in [0.1, 0.15) is 17.0 Å². The molecule has 0 unspecified atom stereocenters. The molecular formula is C27H30Cl2N6O5. The molecule has 2 saturated heterocycles. The van der Waals surface area contributed by atoms with Crippen LogP contribution in [0.5, 0.6) is 11.5 Å². The summed E-state index contributed by atoms with van der Waals surface area (Å²) in [6.07, 6.45) is 4.58. The number of rotatable bonds is 9. The molecule has 0 spiro atoms. The number of methoxy groups -OCH3 is 2. The predicted octanol–water partition coefficient (Wildman–Crippen LogP) is 4.09. The smallest absolute Gasteiger partial charge is 0.243 e. The van der Waals surface area contributed by atoms with Crippen molar-refractivity contribution in [2.45, 2.75) is 31.0 Å². The van der Waals surface area contributed by atoms with Crippen LogP contribution in [0, 0.1) is 0 Å². The molecule has 212 valence electrons. The molecule has 0 saturated carbocycles. The molecule has 0 radical (unpaired) electrons. The van der Waals surface area contributed by atoms with Gasteiger partial charge in [-0.05, 0) is 25.0 Å². The number of carbonyl (C=O) groups excluding carboxylic acids is 1. The number of aromatic nitrogens is 3. The van der Waals surface area contributed by atoms with Crippen molar-refractivity contribution in [1.29, 1.82) is 0 Å². The second kappa shape index (κ2) is 12.4. The Bertz CT molecular complexity index is 1390. The fourth-order valence-electron chi connectivity index (χ4n) is 4.73. The number of carbonyl (C=O) groups is 1. The van der Waals surface area contributed by atoms with E-state index in [4.69, 9.17) is 52.1 Å². The Morgan fingerprint density at radius 2 is 1.73 bits per heavy atom. The molecule has 2 aliphatic rings. The van der Waals surface area contributed by atoms with E-state index in [1.54, 1.807) is 12.3 Å². The Morgan fingerprint density at radius 3 is 2.40 bits per heavy atom. The number of benzene rings is 1. The molecule has 3 aromatic rings. The summed E-state index contributed by atoms with van der Waals surface area (Å²) in [4.78, 5) is 26.1. The van der Waals surface area contributed by atoms with E-state index in [2.05, 4.69) is 27.5 Å². The highest BCUT2D eigenvalue weighted by Gasteiger charge is 2.30. The van der Waals surface area contributed by atoms with E-state index in [1.807, 2.05) is 6.07 Å². The summed E-state index contributed by atoms with van der Waals surface area (Å²) in [6, 6.07) is 3.12. The van der Waals surface area contributed by atoms with Crippen LogP contribution in [-0.2, 0) is 14.3 Å². The summed E-state index contributed by atoms with van der Waals surface area (Å²) >= 11 is 13.4. The van der Waals surface area contributed by atoms with Gasteiger partial charge in [-0.3, -0.25) is 4.79 Å². The zero-order valence-electron chi connectivity index (χ0n) is 22.1. The molecule has 13 heteroatoms. The average Bonchev–Trinajstić information content (AvgIpc) is 3.40. The molecule has 2 fully saturated rings. The van der Waals surface area contributed by atoms with Crippen LogP contribution in [0.1, 0.15) is 12.8 Å². The summed E-state index contributed by atoms with van der Waals surface area (Å²) in [5, 5.41) is 11.0. The topological polar surface area (TPSA) is 129 Å². The molecule has 1 aromatic carbocycles. The van der Waals surface area contributed by atoms with Crippen LogP contribution in [0.25, 0.3) is 22.2 Å². The largest absolute Gasteiger partial charge is 0.495 e. The van der Waals surface area contributed by atoms with Gasteiger partial charge in [0.15, 0.2) is 5.82 Å². The molecule has 5 rings (SSSR count). The SMILES string of the molecule is C=CC(=O)N[C@H]1COC[C@H]1Nc1ncc2cc(-c3c(Cl)c(OC)cc(OC)c3Cl)nc(NC3CCOCC3)c2n1. The highest BCUT2D eigenvalue weighted by atomic mass is 35.5. The average molecular weight is 589 g/mol. The zero-order chi connectivity index (χ0) is 28.2. The zero-order valence-corrected chi connectivity index (χ0v) is 23.6. The fourth-order valence-corrected chi connectivity index (χ4v) is 5.42. The number of nitrogens with one attached hydrogen (secondary N) is 3. The number of pyridine rings is 1. The maximum atomic E-state index is 11.8. The summed E-state index contributed by atoms with van der Waals surface area (Å²) < 4.78 is 22.0. The van der Waals surface area contributed by atoms with Crippen LogP contribution in [0.15, 0.2) is 31.0 Å². The van der Waals surface area contributed by atoms with Crippen molar-refractivity contribution < 1.29 is 23.7 Å². The van der Waals surface area contributed by atoms with Crippen LogP contribution >= 0.6 is 23.2 Å². The maximum Gasteiger partial charge on any atom is 0.243 e. The summed E-state index contributed by atoms with van der Waals surface area (Å²) in [5.74, 6) is 1.48. The van der Waals surface area contributed by atoms with Gasteiger partial charge >= 0.3 is 0 Å². The molecule has 0 bridgehead atoms. The molecular weight excluding hydrogens is 559 g/mol. The molecule has 0 aliphatic carbocycles. The van der Waals surface area contributed by atoms with Crippen molar-refractivity contribution >= 4 is 51.8 Å². The lowest BCUT2D eigenvalue weighted by atomic mass is 10.1. The van der Waals surface area contributed by atoms with Gasteiger partial charge in [0.2, 0.25) is 11.9 Å². The molecule has 1 amide bonds. The maximum absolute atomic E-state index is 11.8. The first-order chi connectivity index (χ1) is 19.4. The van der Waals surface area contributed by atoms with Crippen molar-refractivity contribution in [3.05, 3.63) is 41.0 Å². The first kappa shape index (κ1) is 28.2. The number of hydrogen-bond acceptors (Lipinski definition) is 10. The Morgan fingerprint density at radius 1 is 1.02 bits per heavy atom. The third-order valence-electron chi connectivity index (χ3n) is 6.87. The Hall–Kier alpha value is -3.38. The van der Waals surface area contributed by atoms with Crippen molar-refractivity contribution in [2.75, 3.05) is 51.3 Å². The van der Waals surface area contributed by atoms with E-state index < -0.39 is 0 Å². The quantitative estimate of drug-likeness (QED) is 0.314. The highest BCUT2D eigenvalue weighted by Crippen LogP contribution is 2.46. The number of nitrogens with zero attached hydrogens (tertiary/aromatic N) is 3. The monoisotopic (exact) mass is 588 g/mol. The number of hydrogen-bond donors (Lipinski definition) is 3. The van der Waals surface area contributed by atoms with Gasteiger partial charge in [-0.2, -0.15) is 0 Å². The second-order valence-electron chi connectivity index (χ2n) is 9.41. The van der Waals surface area contributed by atoms with Crippen LogP contribution < -0.4 is 25.4 Å². The van der Waals surface area contributed by atoms with Gasteiger partial charge in [-0.25, -0.2) is 15.0 Å². The lowest BCUT2D eigenvalue weighted by molar-refractivity contribution is -0.117. The molecule has 2 aromatic heterocycles. The molecule has 40 heavy (non-hydrogen) atoms. The van der Waals surface area contributed by atoms with Gasteiger partial charge in [-0.15, -0.1) is 0 Å². The third kappa shape index (κ3) is 5.87. The third-order valence-corrected chi connectivity index (χ3v) is 7.62. The van der Waals surface area contributed by atoms with Crippen molar-refractivity contribution in [1.82, 2.24) is 20.3 Å². The number of anilines is 2. The number of amides is 1. The van der Waals surface area contributed by atoms with Gasteiger partial charge in [0, 0.05) is 42.5 Å². The minimum absolute atomic E-state index is 0.138. The standard InChI is InChI=1S/C27H30Cl2N6O5/c1-4-21(36)32-17-12-40-13-18(17)34-27-30-11-14-9-16(22-23(28)19(37-2)10-20(38-3)24(22)29)33-26(25(14)35-27)31-15-5-7-39-8-6-15/h4,9-11,15,17-18H,1,5-8,12-13H2,2-3H3,(H,31,33)(H,32,36)(H,30,34,35)/t17-,18+/m0/s1. The fraction of sp³-hybridized carbons (Fsp3) is 0.407. The van der Waals surface area contributed by atoms with Gasteiger partial charge in [0.05, 0.1) is 55.3 Å². The van der Waals surface area contributed by atoms with E-state index in [1.165, 1.54) is 20.3 Å².